The summed E-state index contributed by atoms with van der Waals surface area (Å²) in [6, 6.07) is 16.5. The van der Waals surface area contributed by atoms with Crippen LogP contribution in [0.3, 0.4) is 0 Å². The summed E-state index contributed by atoms with van der Waals surface area (Å²) >= 11 is 6.14. The van der Waals surface area contributed by atoms with Gasteiger partial charge in [0.2, 0.25) is 10.0 Å². The zero-order chi connectivity index (χ0) is 25.9. The molecule has 1 amide bonds. The predicted octanol–water partition coefficient (Wildman–Crippen LogP) is 3.72. The fourth-order valence-electron chi connectivity index (χ4n) is 3.53. The predicted molar refractivity (Wildman–Crippen MR) is 137 cm³/mol. The second-order valence-electron chi connectivity index (χ2n) is 8.11. The maximum absolute atomic E-state index is 12.9. The third kappa shape index (κ3) is 5.88. The molecule has 1 aliphatic heterocycles. The molecule has 0 aliphatic carbocycles. The molecular weight excluding hydrogens is 526 g/mol. The molecule has 0 bridgehead atoms. The smallest absolute Gasteiger partial charge is 0.263 e. The molecular formula is C24H24ClN3O6S2. The van der Waals surface area contributed by atoms with Crippen LogP contribution in [0, 0.1) is 6.92 Å². The molecule has 9 nitrogen and oxygen atoms in total. The number of anilines is 2. The molecule has 1 heterocycles. The van der Waals surface area contributed by atoms with Crippen LogP contribution < -0.4 is 10.0 Å². The van der Waals surface area contributed by atoms with Crippen molar-refractivity contribution in [1.29, 1.82) is 0 Å². The van der Waals surface area contributed by atoms with Crippen molar-refractivity contribution in [2.75, 3.05) is 36.3 Å². The first kappa shape index (κ1) is 26.1. The first-order chi connectivity index (χ1) is 17.1. The Hall–Kier alpha value is -2.96. The molecule has 36 heavy (non-hydrogen) atoms. The van der Waals surface area contributed by atoms with Gasteiger partial charge in [0, 0.05) is 30.0 Å². The highest BCUT2D eigenvalue weighted by Gasteiger charge is 2.26. The number of rotatable bonds is 7. The summed E-state index contributed by atoms with van der Waals surface area (Å²) in [5.41, 5.74) is 1.74. The Labute approximate surface area is 215 Å². The number of hydrogen-bond acceptors (Lipinski definition) is 6. The van der Waals surface area contributed by atoms with Crippen molar-refractivity contribution < 1.29 is 26.4 Å². The summed E-state index contributed by atoms with van der Waals surface area (Å²) in [6.07, 6.45) is 0. The van der Waals surface area contributed by atoms with E-state index in [0.29, 0.717) is 24.6 Å². The van der Waals surface area contributed by atoms with Crippen LogP contribution in [0.4, 0.5) is 11.4 Å². The largest absolute Gasteiger partial charge is 0.379 e. The van der Waals surface area contributed by atoms with Gasteiger partial charge in [0.1, 0.15) is 4.90 Å². The van der Waals surface area contributed by atoms with Crippen molar-refractivity contribution in [1.82, 2.24) is 4.31 Å². The minimum absolute atomic E-state index is 0.0381. The standard InChI is InChI=1S/C24H24ClN3O6S2/c1-17-2-5-20(6-3-17)27-35(30,31)23-16-18(4-11-22(23)25)24(29)26-19-7-9-21(10-8-19)36(32,33)28-12-14-34-15-13-28/h2-11,16,27H,12-15H2,1H3,(H,26,29). The lowest BCUT2D eigenvalue weighted by molar-refractivity contribution is 0.0730. The van der Waals surface area contributed by atoms with E-state index in [2.05, 4.69) is 10.0 Å². The van der Waals surface area contributed by atoms with Crippen LogP contribution in [0.2, 0.25) is 5.02 Å². The van der Waals surface area contributed by atoms with Crippen molar-refractivity contribution in [2.45, 2.75) is 16.7 Å². The zero-order valence-electron chi connectivity index (χ0n) is 19.3. The number of amides is 1. The zero-order valence-corrected chi connectivity index (χ0v) is 21.7. The molecule has 0 unspecified atom stereocenters. The van der Waals surface area contributed by atoms with E-state index < -0.39 is 26.0 Å². The van der Waals surface area contributed by atoms with Gasteiger partial charge in [-0.25, -0.2) is 16.8 Å². The quantitative estimate of drug-likeness (QED) is 0.463. The van der Waals surface area contributed by atoms with Gasteiger partial charge in [-0.2, -0.15) is 4.31 Å². The lowest BCUT2D eigenvalue weighted by atomic mass is 10.2. The number of nitrogens with one attached hydrogen (secondary N) is 2. The molecule has 3 aromatic rings. The summed E-state index contributed by atoms with van der Waals surface area (Å²) in [5.74, 6) is -0.581. The molecule has 190 valence electrons. The fourth-order valence-corrected chi connectivity index (χ4v) is 6.53. The van der Waals surface area contributed by atoms with Crippen LogP contribution in [0.5, 0.6) is 0 Å². The van der Waals surface area contributed by atoms with Gasteiger partial charge in [0.25, 0.3) is 15.9 Å². The molecule has 0 atom stereocenters. The van der Waals surface area contributed by atoms with Crippen LogP contribution in [0.1, 0.15) is 15.9 Å². The Morgan fingerprint density at radius 3 is 2.14 bits per heavy atom. The number of hydrogen-bond donors (Lipinski definition) is 2. The number of carbonyl (C=O) groups is 1. The van der Waals surface area contributed by atoms with Gasteiger partial charge in [-0.15, -0.1) is 0 Å². The summed E-state index contributed by atoms with van der Waals surface area (Å²) in [7, 11) is -7.72. The molecule has 1 aliphatic rings. The van der Waals surface area contributed by atoms with Crippen molar-refractivity contribution in [2.24, 2.45) is 0 Å². The van der Waals surface area contributed by atoms with Gasteiger partial charge in [0.05, 0.1) is 23.1 Å². The number of benzene rings is 3. The summed E-state index contributed by atoms with van der Waals surface area (Å²) in [6.45, 7) is 3.12. The Bertz CT molecular complexity index is 1470. The third-order valence-electron chi connectivity index (χ3n) is 5.51. The fraction of sp³-hybridized carbons (Fsp3) is 0.208. The van der Waals surface area contributed by atoms with Gasteiger partial charge in [0.15, 0.2) is 0 Å². The normalized spacial score (nSPS) is 14.8. The number of morpholine rings is 1. The van der Waals surface area contributed by atoms with Crippen molar-refractivity contribution >= 4 is 48.9 Å². The lowest BCUT2D eigenvalue weighted by Crippen LogP contribution is -2.40. The number of ether oxygens (including phenoxy) is 1. The minimum atomic E-state index is -4.06. The van der Waals surface area contributed by atoms with E-state index in [4.69, 9.17) is 16.3 Å². The molecule has 2 N–H and O–H groups in total. The average Bonchev–Trinajstić information content (AvgIpc) is 2.86. The van der Waals surface area contributed by atoms with E-state index in [-0.39, 0.29) is 33.5 Å². The number of nitrogens with zero attached hydrogens (tertiary/aromatic N) is 1. The van der Waals surface area contributed by atoms with Crippen molar-refractivity contribution in [3.05, 3.63) is 82.9 Å². The van der Waals surface area contributed by atoms with Crippen LogP contribution in [0.25, 0.3) is 0 Å². The first-order valence-corrected chi connectivity index (χ1v) is 14.2. The minimum Gasteiger partial charge on any atom is -0.379 e. The first-order valence-electron chi connectivity index (χ1n) is 10.9. The lowest BCUT2D eigenvalue weighted by Gasteiger charge is -2.26. The maximum atomic E-state index is 12.9. The van der Waals surface area contributed by atoms with E-state index in [9.17, 15) is 21.6 Å². The highest BCUT2D eigenvalue weighted by molar-refractivity contribution is 7.92. The summed E-state index contributed by atoms with van der Waals surface area (Å²) in [5, 5.41) is 2.61. The molecule has 0 radical (unpaired) electrons. The second-order valence-corrected chi connectivity index (χ2v) is 12.1. The van der Waals surface area contributed by atoms with Crippen LogP contribution >= 0.6 is 11.6 Å². The van der Waals surface area contributed by atoms with Gasteiger partial charge < -0.3 is 10.1 Å². The summed E-state index contributed by atoms with van der Waals surface area (Å²) in [4.78, 5) is 12.7. The Kier molecular flexibility index (Phi) is 7.67. The topological polar surface area (TPSA) is 122 Å². The molecule has 0 saturated carbocycles. The monoisotopic (exact) mass is 549 g/mol. The maximum Gasteiger partial charge on any atom is 0.263 e. The van der Waals surface area contributed by atoms with E-state index >= 15 is 0 Å². The number of sulfonamides is 2. The van der Waals surface area contributed by atoms with Crippen LogP contribution in [0.15, 0.2) is 76.5 Å². The SMILES string of the molecule is Cc1ccc(NS(=O)(=O)c2cc(C(=O)Nc3ccc(S(=O)(=O)N4CCOCC4)cc3)ccc2Cl)cc1. The molecule has 1 fully saturated rings. The van der Waals surface area contributed by atoms with Gasteiger partial charge in [-0.3, -0.25) is 9.52 Å². The number of halogens is 1. The van der Waals surface area contributed by atoms with E-state index in [1.807, 2.05) is 6.92 Å². The van der Waals surface area contributed by atoms with Crippen LogP contribution in [-0.4, -0.2) is 53.4 Å². The van der Waals surface area contributed by atoms with Gasteiger partial charge in [-0.1, -0.05) is 29.3 Å². The van der Waals surface area contributed by atoms with Crippen LogP contribution in [-0.2, 0) is 24.8 Å². The molecule has 0 spiro atoms. The third-order valence-corrected chi connectivity index (χ3v) is 9.28. The Morgan fingerprint density at radius 2 is 1.50 bits per heavy atom. The molecule has 0 aromatic heterocycles. The summed E-state index contributed by atoms with van der Waals surface area (Å²) < 4.78 is 60.3. The molecule has 12 heteroatoms. The molecule has 1 saturated heterocycles. The second kappa shape index (κ2) is 10.6. The number of carbonyl (C=O) groups excluding carboxylic acids is 1. The molecule has 4 rings (SSSR count). The Morgan fingerprint density at radius 1 is 0.889 bits per heavy atom. The van der Waals surface area contributed by atoms with E-state index in [1.165, 1.54) is 46.8 Å². The van der Waals surface area contributed by atoms with E-state index in [0.717, 1.165) is 5.56 Å². The van der Waals surface area contributed by atoms with Crippen molar-refractivity contribution in [3.63, 3.8) is 0 Å². The Balaban J connectivity index is 1.50. The average molecular weight is 550 g/mol. The molecule has 3 aromatic carbocycles. The highest BCUT2D eigenvalue weighted by atomic mass is 35.5. The van der Waals surface area contributed by atoms with E-state index in [1.54, 1.807) is 24.3 Å². The van der Waals surface area contributed by atoms with Crippen molar-refractivity contribution in [3.8, 4) is 0 Å². The van der Waals surface area contributed by atoms with Gasteiger partial charge >= 0.3 is 0 Å². The van der Waals surface area contributed by atoms with Gasteiger partial charge in [-0.05, 0) is 61.5 Å². The highest BCUT2D eigenvalue weighted by Crippen LogP contribution is 2.26. The number of aryl methyl sites for hydroxylation is 1.